The van der Waals surface area contributed by atoms with E-state index in [-0.39, 0.29) is 22.7 Å². The summed E-state index contributed by atoms with van der Waals surface area (Å²) in [6.07, 6.45) is 0. The van der Waals surface area contributed by atoms with Gasteiger partial charge in [0, 0.05) is 24.3 Å². The first-order valence-corrected chi connectivity index (χ1v) is 22.3. The van der Waals surface area contributed by atoms with E-state index >= 15 is 0 Å². The average molecular weight is 507 g/mol. The first-order chi connectivity index (χ1) is 12.5. The second-order valence-corrected chi connectivity index (χ2v) is 32.0. The Morgan fingerprint density at radius 1 is 0.741 bits per heavy atom. The van der Waals surface area contributed by atoms with Crippen molar-refractivity contribution in [2.24, 2.45) is 0 Å². The molecule has 0 aromatic heterocycles. The molecule has 0 spiro atoms. The van der Waals surface area contributed by atoms with E-state index in [0.717, 1.165) is 0 Å². The number of rotatable bonds is 2. The molecule has 0 fully saturated rings. The molecule has 0 unspecified atom stereocenters. The quantitative estimate of drug-likeness (QED) is 0.187. The number of para-hydroxylation sites is 2. The standard InChI is InChI=1S/2C6H4N3O2.4ClH.Zn/c2*7-8-5-3-1-2-4-6(5)9(10)11;;;;;/h2*1-4H;4*1H;/q2*+1;;;;;+2/p-4. The van der Waals surface area contributed by atoms with Gasteiger partial charge in [0.05, 0.1) is 9.85 Å². The van der Waals surface area contributed by atoms with E-state index in [2.05, 4.69) is 9.95 Å². The molecule has 0 aliphatic carbocycles. The van der Waals surface area contributed by atoms with Gasteiger partial charge in [0.2, 0.25) is 10.8 Å². The summed E-state index contributed by atoms with van der Waals surface area (Å²) >= 11 is 0. The van der Waals surface area contributed by atoms with Gasteiger partial charge < -0.3 is 0 Å². The Labute approximate surface area is 171 Å². The molecule has 2 aromatic carbocycles. The van der Waals surface area contributed by atoms with Crippen molar-refractivity contribution in [3.8, 4) is 0 Å². The normalized spacial score (nSPS) is 9.26. The summed E-state index contributed by atoms with van der Waals surface area (Å²) in [5.41, 5.74) is -0.458. The Morgan fingerprint density at radius 3 is 1.19 bits per heavy atom. The number of benzene rings is 2. The Hall–Kier alpha value is -2.14. The molecule has 0 aliphatic heterocycles. The van der Waals surface area contributed by atoms with E-state index in [0.29, 0.717) is 0 Å². The molecule has 140 valence electrons. The fourth-order valence-corrected chi connectivity index (χ4v) is 1.41. The first-order valence-electron chi connectivity index (χ1n) is 6.75. The molecule has 27 heavy (non-hydrogen) atoms. The molecule has 0 heterocycles. The van der Waals surface area contributed by atoms with Crippen LogP contribution in [0.1, 0.15) is 0 Å². The van der Waals surface area contributed by atoms with Crippen LogP contribution < -0.4 is 0 Å². The van der Waals surface area contributed by atoms with Gasteiger partial charge in [0.15, 0.2) is 9.95 Å². The van der Waals surface area contributed by atoms with Gasteiger partial charge in [0.1, 0.15) is 0 Å². The number of hydrogen-bond donors (Lipinski definition) is 0. The van der Waals surface area contributed by atoms with Gasteiger partial charge in [-0.1, -0.05) is 24.3 Å². The van der Waals surface area contributed by atoms with Crippen molar-refractivity contribution in [2.75, 3.05) is 0 Å². The average Bonchev–Trinajstić information content (AvgIpc) is 2.60. The van der Waals surface area contributed by atoms with E-state index in [1.54, 1.807) is 12.1 Å². The topological polar surface area (TPSA) is 143 Å². The monoisotopic (exact) mass is 504 g/mol. The van der Waals surface area contributed by atoms with Crippen molar-refractivity contribution in [1.29, 1.82) is 10.8 Å². The summed E-state index contributed by atoms with van der Waals surface area (Å²) in [4.78, 5) is 24.7. The van der Waals surface area contributed by atoms with E-state index in [1.165, 1.54) is 36.4 Å². The third kappa shape index (κ3) is 11.2. The van der Waals surface area contributed by atoms with Crippen molar-refractivity contribution in [2.45, 2.75) is 0 Å². The Kier molecular flexibility index (Phi) is 11.3. The first kappa shape index (κ1) is 24.9. The molecule has 2 rings (SSSR count). The Bertz CT molecular complexity index is 823. The number of nitro groups is 2. The van der Waals surface area contributed by atoms with Crippen molar-refractivity contribution in [3.05, 3.63) is 78.7 Å². The van der Waals surface area contributed by atoms with Crippen LogP contribution in [0.2, 0.25) is 0 Å². The zero-order chi connectivity index (χ0) is 21.0. The molecule has 0 N–H and O–H groups in total. The van der Waals surface area contributed by atoms with Gasteiger partial charge in [-0.3, -0.25) is 20.2 Å². The van der Waals surface area contributed by atoms with Gasteiger partial charge in [-0.25, -0.2) is 0 Å². The van der Waals surface area contributed by atoms with Gasteiger partial charge in [0.25, 0.3) is 0 Å². The van der Waals surface area contributed by atoms with Crippen LogP contribution in [-0.4, -0.2) is 9.85 Å². The molecule has 0 aliphatic rings. The molecular formula is C12H8Cl4N6O4Zn. The molecule has 0 saturated carbocycles. The van der Waals surface area contributed by atoms with Crippen molar-refractivity contribution in [1.82, 2.24) is 0 Å². The molecule has 10 nitrogen and oxygen atoms in total. The summed E-state index contributed by atoms with van der Waals surface area (Å²) in [5, 5.41) is 37.0. The maximum absolute atomic E-state index is 10.2. The van der Waals surface area contributed by atoms with Crippen molar-refractivity contribution in [3.63, 3.8) is 0 Å². The minimum atomic E-state index is -3.36. The third-order valence-electron chi connectivity index (χ3n) is 2.37. The number of hydrogen-bond acceptors (Lipinski definition) is 6. The Morgan fingerprint density at radius 2 is 1.00 bits per heavy atom. The van der Waals surface area contributed by atoms with Crippen molar-refractivity contribution >= 4 is 61.5 Å². The van der Waals surface area contributed by atoms with E-state index in [1.807, 2.05) is 0 Å². The summed E-state index contributed by atoms with van der Waals surface area (Å²) in [6, 6.07) is 11.4. The Balaban J connectivity index is 0.000000405. The summed E-state index contributed by atoms with van der Waals surface area (Å²) in [7, 11) is 16.8. The minimum absolute atomic E-state index is 0.0301. The van der Waals surface area contributed by atoms with Crippen molar-refractivity contribution < 1.29 is 20.7 Å². The number of diazo groups is 2. The molecule has 0 saturated heterocycles. The van der Waals surface area contributed by atoms with Crippen LogP contribution in [0.3, 0.4) is 0 Å². The van der Waals surface area contributed by atoms with E-state index in [4.69, 9.17) is 49.5 Å². The molecule has 0 bridgehead atoms. The van der Waals surface area contributed by atoms with Gasteiger partial charge in [-0.15, -0.1) is 0 Å². The van der Waals surface area contributed by atoms with Crippen LogP contribution >= 0.6 is 38.8 Å². The van der Waals surface area contributed by atoms with Crippen LogP contribution in [0.5, 0.6) is 0 Å². The molecule has 2 aromatic rings. The predicted molar refractivity (Wildman–Crippen MR) is 99.1 cm³/mol. The fourth-order valence-electron chi connectivity index (χ4n) is 1.41. The summed E-state index contributed by atoms with van der Waals surface area (Å²) in [6.45, 7) is 0. The maximum atomic E-state index is 10.2. The second kappa shape index (κ2) is 12.3. The summed E-state index contributed by atoms with van der Waals surface area (Å²) < 4.78 is 0. The van der Waals surface area contributed by atoms with Crippen LogP contribution in [0.4, 0.5) is 22.7 Å². The third-order valence-corrected chi connectivity index (χ3v) is 2.37. The molecule has 0 amide bonds. The van der Waals surface area contributed by atoms with Crippen LogP contribution in [-0.2, 0) is 10.8 Å². The molecule has 0 atom stereocenters. The second-order valence-electron chi connectivity index (χ2n) is 4.30. The summed E-state index contributed by atoms with van der Waals surface area (Å²) in [5.74, 6) is 0. The molecular weight excluding hydrogens is 499 g/mol. The SMILES string of the molecule is N#[N+]c1ccccc1[N+](=O)[O-].N#[N+]c1ccccc1[N+](=O)[O-].[Cl][Zn-2]([Cl])([Cl])[Cl]. The van der Waals surface area contributed by atoms with Crippen LogP contribution in [0.25, 0.3) is 9.95 Å². The van der Waals surface area contributed by atoms with Crippen LogP contribution in [0, 0.1) is 31.0 Å². The molecule has 15 heteroatoms. The van der Waals surface area contributed by atoms with Crippen LogP contribution in [0.15, 0.2) is 48.5 Å². The zero-order valence-electron chi connectivity index (χ0n) is 13.2. The van der Waals surface area contributed by atoms with Gasteiger partial charge in [-0.05, 0) is 0 Å². The molecule has 0 radical (unpaired) electrons. The van der Waals surface area contributed by atoms with E-state index in [9.17, 15) is 20.2 Å². The number of halogens is 4. The number of nitrogens with zero attached hydrogens (tertiary/aromatic N) is 6. The van der Waals surface area contributed by atoms with E-state index < -0.39 is 20.7 Å². The predicted octanol–water partition coefficient (Wildman–Crippen LogP) is 6.91. The fraction of sp³-hybridized carbons (Fsp3) is 0. The zero-order valence-corrected chi connectivity index (χ0v) is 19.1. The van der Waals surface area contributed by atoms with Gasteiger partial charge >= 0.3 is 72.3 Å². The number of nitro benzene ring substituents is 2. The van der Waals surface area contributed by atoms with Gasteiger partial charge in [-0.2, -0.15) is 0 Å².